The number of Topliss-reactive ketones (excluding diaryl/α,β-unsaturated/α-hetero) is 2. The van der Waals surface area contributed by atoms with Crippen molar-refractivity contribution < 1.29 is 19.2 Å². The van der Waals surface area contributed by atoms with Crippen molar-refractivity contribution in [1.82, 2.24) is 0 Å². The van der Waals surface area contributed by atoms with E-state index in [4.69, 9.17) is 4.74 Å². The van der Waals surface area contributed by atoms with Crippen LogP contribution in [0.25, 0.3) is 0 Å². The van der Waals surface area contributed by atoms with Gasteiger partial charge in [-0.25, -0.2) is 0 Å². The molecule has 0 N–H and O–H groups in total. The first-order chi connectivity index (χ1) is 11.9. The Balaban J connectivity index is 2.28. The van der Waals surface area contributed by atoms with Crippen LogP contribution in [-0.2, 0) is 15.1 Å². The lowest BCUT2D eigenvalue weighted by atomic mass is 9.79. The highest BCUT2D eigenvalue weighted by Gasteiger charge is 2.64. The molecule has 2 atom stereocenters. The molecule has 1 aromatic carbocycles. The summed E-state index contributed by atoms with van der Waals surface area (Å²) in [6, 6.07) is 10.0. The van der Waals surface area contributed by atoms with Crippen LogP contribution in [0.3, 0.4) is 0 Å². The van der Waals surface area contributed by atoms with Crippen LogP contribution in [0.2, 0.25) is 0 Å². The summed E-state index contributed by atoms with van der Waals surface area (Å²) in [6.45, 7) is 2.73. The Bertz CT molecular complexity index is 872. The van der Waals surface area contributed by atoms with Crippen LogP contribution in [0.5, 0.6) is 0 Å². The van der Waals surface area contributed by atoms with Gasteiger partial charge in [0, 0.05) is 10.5 Å². The molecule has 1 aromatic heterocycles. The van der Waals surface area contributed by atoms with Gasteiger partial charge >= 0.3 is 0 Å². The van der Waals surface area contributed by atoms with Crippen LogP contribution in [-0.4, -0.2) is 22.5 Å². The number of carbonyl (C=O) groups is 2. The normalized spacial score (nSPS) is 22.6. The van der Waals surface area contributed by atoms with Gasteiger partial charge in [0.05, 0.1) is 4.88 Å². The second-order valence-electron chi connectivity index (χ2n) is 5.72. The van der Waals surface area contributed by atoms with Crippen LogP contribution in [0.15, 0.2) is 59.2 Å². The summed E-state index contributed by atoms with van der Waals surface area (Å²) in [7, 11) is 0. The Hall–Kier alpha value is -2.80. The third kappa shape index (κ3) is 2.56. The van der Waals surface area contributed by atoms with Crippen LogP contribution < -0.4 is 0 Å². The lowest BCUT2D eigenvalue weighted by molar-refractivity contribution is -0.526. The number of hydrogen-bond donors (Lipinski definition) is 0. The van der Waals surface area contributed by atoms with Crippen molar-refractivity contribution in [1.29, 1.82) is 0 Å². The molecule has 128 valence electrons. The Morgan fingerprint density at radius 2 is 1.88 bits per heavy atom. The zero-order chi connectivity index (χ0) is 18.2. The largest absolute Gasteiger partial charge is 0.470 e. The Morgan fingerprint density at radius 3 is 2.40 bits per heavy atom. The second-order valence-corrected chi connectivity index (χ2v) is 6.67. The van der Waals surface area contributed by atoms with Gasteiger partial charge in [0.1, 0.15) is 11.3 Å². The van der Waals surface area contributed by atoms with Crippen molar-refractivity contribution in [2.24, 2.45) is 0 Å². The predicted molar refractivity (Wildman–Crippen MR) is 92.0 cm³/mol. The van der Waals surface area contributed by atoms with Crippen molar-refractivity contribution >= 4 is 22.9 Å². The summed E-state index contributed by atoms with van der Waals surface area (Å²) in [5.41, 5.74) is -1.61. The standard InChI is InChI=1S/C18H15NO5S/c1-11(20)15-12(2)24-18(16(15)19(22)23,13-7-4-3-5-8-13)17(21)14-9-6-10-25-14/h3-10,16H,1-2H3. The van der Waals surface area contributed by atoms with E-state index in [0.717, 1.165) is 0 Å². The van der Waals surface area contributed by atoms with Crippen LogP contribution in [0, 0.1) is 10.1 Å². The number of carbonyl (C=O) groups excluding carboxylic acids is 2. The number of benzene rings is 1. The molecule has 0 saturated carbocycles. The summed E-state index contributed by atoms with van der Waals surface area (Å²) in [5, 5.41) is 13.6. The number of ether oxygens (including phenoxy) is 1. The molecule has 1 aliphatic heterocycles. The SMILES string of the molecule is CC(=O)C1=C(C)OC(C(=O)c2cccs2)(c2ccccc2)C1[N+](=O)[O-]. The summed E-state index contributed by atoms with van der Waals surface area (Å²) in [4.78, 5) is 37.0. The van der Waals surface area contributed by atoms with Crippen LogP contribution >= 0.6 is 11.3 Å². The summed E-state index contributed by atoms with van der Waals surface area (Å²) in [6.07, 6.45) is 0. The average Bonchev–Trinajstić information content (AvgIpc) is 3.21. The van der Waals surface area contributed by atoms with E-state index in [9.17, 15) is 19.7 Å². The molecule has 25 heavy (non-hydrogen) atoms. The van der Waals surface area contributed by atoms with E-state index in [1.165, 1.54) is 25.2 Å². The van der Waals surface area contributed by atoms with Gasteiger partial charge in [-0.15, -0.1) is 11.3 Å². The van der Waals surface area contributed by atoms with Crippen molar-refractivity contribution in [3.05, 3.63) is 79.7 Å². The van der Waals surface area contributed by atoms with Crippen molar-refractivity contribution in [3.63, 3.8) is 0 Å². The first-order valence-corrected chi connectivity index (χ1v) is 8.45. The van der Waals surface area contributed by atoms with Crippen molar-refractivity contribution in [2.45, 2.75) is 25.5 Å². The molecular formula is C18H15NO5S. The maximum atomic E-state index is 13.3. The van der Waals surface area contributed by atoms with Gasteiger partial charge in [-0.1, -0.05) is 36.4 Å². The fourth-order valence-electron chi connectivity index (χ4n) is 3.24. The molecule has 6 nitrogen and oxygen atoms in total. The zero-order valence-electron chi connectivity index (χ0n) is 13.6. The molecule has 2 heterocycles. The quantitative estimate of drug-likeness (QED) is 0.465. The highest BCUT2D eigenvalue weighted by atomic mass is 32.1. The minimum absolute atomic E-state index is 0.0706. The van der Waals surface area contributed by atoms with E-state index in [2.05, 4.69) is 0 Å². The van der Waals surface area contributed by atoms with E-state index in [-0.39, 0.29) is 11.3 Å². The first kappa shape index (κ1) is 17.0. The molecule has 0 saturated heterocycles. The Morgan fingerprint density at radius 1 is 1.20 bits per heavy atom. The van der Waals surface area contributed by atoms with Gasteiger partial charge in [0.15, 0.2) is 5.78 Å². The molecule has 7 heteroatoms. The Kier molecular flexibility index (Phi) is 4.26. The topological polar surface area (TPSA) is 86.5 Å². The summed E-state index contributed by atoms with van der Waals surface area (Å²) in [5.74, 6) is -0.884. The molecule has 2 aromatic rings. The first-order valence-electron chi connectivity index (χ1n) is 7.57. The molecular weight excluding hydrogens is 342 g/mol. The molecule has 0 spiro atoms. The van der Waals surface area contributed by atoms with Gasteiger partial charge in [-0.05, 0) is 25.3 Å². The minimum Gasteiger partial charge on any atom is -0.470 e. The van der Waals surface area contributed by atoms with Crippen LogP contribution in [0.4, 0.5) is 0 Å². The number of allylic oxidation sites excluding steroid dienone is 1. The Labute approximate surface area is 147 Å². The average molecular weight is 357 g/mol. The molecule has 1 aliphatic rings. The third-order valence-corrected chi connectivity index (χ3v) is 5.10. The van der Waals surface area contributed by atoms with E-state index in [1.54, 1.807) is 47.8 Å². The van der Waals surface area contributed by atoms with Gasteiger partial charge in [-0.2, -0.15) is 0 Å². The maximum Gasteiger partial charge on any atom is 0.295 e. The number of nitro groups is 1. The lowest BCUT2D eigenvalue weighted by Crippen LogP contribution is -2.50. The number of nitrogens with zero attached hydrogens (tertiary/aromatic N) is 1. The molecule has 0 bridgehead atoms. The molecule has 3 rings (SSSR count). The monoisotopic (exact) mass is 357 g/mol. The van der Waals surface area contributed by atoms with Gasteiger partial charge in [0.2, 0.25) is 5.78 Å². The smallest absolute Gasteiger partial charge is 0.295 e. The number of thiophene rings is 1. The van der Waals surface area contributed by atoms with E-state index < -0.39 is 28.1 Å². The maximum absolute atomic E-state index is 13.3. The van der Waals surface area contributed by atoms with Crippen molar-refractivity contribution in [2.75, 3.05) is 0 Å². The predicted octanol–water partition coefficient (Wildman–Crippen LogP) is 3.36. The summed E-state index contributed by atoms with van der Waals surface area (Å²) >= 11 is 1.18. The number of ketones is 2. The van der Waals surface area contributed by atoms with Crippen molar-refractivity contribution in [3.8, 4) is 0 Å². The molecule has 0 aliphatic carbocycles. The highest BCUT2D eigenvalue weighted by molar-refractivity contribution is 7.12. The number of hydrogen-bond acceptors (Lipinski definition) is 6. The van der Waals surface area contributed by atoms with E-state index in [1.807, 2.05) is 0 Å². The minimum atomic E-state index is -1.89. The van der Waals surface area contributed by atoms with E-state index in [0.29, 0.717) is 10.4 Å². The highest BCUT2D eigenvalue weighted by Crippen LogP contribution is 2.46. The fraction of sp³-hybridized carbons (Fsp3) is 0.222. The summed E-state index contributed by atoms with van der Waals surface area (Å²) < 4.78 is 5.84. The van der Waals surface area contributed by atoms with E-state index >= 15 is 0 Å². The molecule has 0 amide bonds. The second kappa shape index (κ2) is 6.25. The zero-order valence-corrected chi connectivity index (χ0v) is 14.4. The molecule has 2 unspecified atom stereocenters. The lowest BCUT2D eigenvalue weighted by Gasteiger charge is -2.29. The fourth-order valence-corrected chi connectivity index (χ4v) is 3.96. The van der Waals surface area contributed by atoms with Gasteiger partial charge in [-0.3, -0.25) is 19.7 Å². The van der Waals surface area contributed by atoms with Gasteiger partial charge < -0.3 is 4.74 Å². The van der Waals surface area contributed by atoms with Crippen LogP contribution in [0.1, 0.15) is 29.1 Å². The number of rotatable bonds is 5. The molecule has 0 radical (unpaired) electrons. The van der Waals surface area contributed by atoms with Gasteiger partial charge in [0.25, 0.3) is 11.6 Å². The third-order valence-electron chi connectivity index (χ3n) is 4.23. The molecule has 0 fully saturated rings.